The number of benzene rings is 1. The smallest absolute Gasteiger partial charge is 0.355 e. The van der Waals surface area contributed by atoms with E-state index in [-0.39, 0.29) is 5.91 Å². The SMILES string of the molecule is O=C(CCN1CCCN(c2ccc(C(F)(F)F)cn2)CC1)Nc1ccccc1Cl. The molecule has 1 aromatic carbocycles. The summed E-state index contributed by atoms with van der Waals surface area (Å²) in [4.78, 5) is 20.3. The summed E-state index contributed by atoms with van der Waals surface area (Å²) >= 11 is 6.05. The summed E-state index contributed by atoms with van der Waals surface area (Å²) in [6, 6.07) is 9.54. The second-order valence-corrected chi connectivity index (χ2v) is 7.27. The Hall–Kier alpha value is -2.32. The van der Waals surface area contributed by atoms with E-state index in [1.807, 2.05) is 4.90 Å². The molecule has 5 nitrogen and oxygen atoms in total. The Morgan fingerprint density at radius 3 is 2.59 bits per heavy atom. The molecule has 1 fully saturated rings. The van der Waals surface area contributed by atoms with Gasteiger partial charge < -0.3 is 15.1 Å². The zero-order chi connectivity index (χ0) is 20.9. The van der Waals surface area contributed by atoms with Crippen LogP contribution in [0.3, 0.4) is 0 Å². The van der Waals surface area contributed by atoms with Crippen LogP contribution < -0.4 is 10.2 Å². The first-order valence-corrected chi connectivity index (χ1v) is 9.75. The van der Waals surface area contributed by atoms with Crippen molar-refractivity contribution in [3.63, 3.8) is 0 Å². The van der Waals surface area contributed by atoms with Crippen LogP contribution in [0, 0.1) is 0 Å². The van der Waals surface area contributed by atoms with Gasteiger partial charge in [0.25, 0.3) is 0 Å². The van der Waals surface area contributed by atoms with E-state index in [0.717, 1.165) is 25.2 Å². The average Bonchev–Trinajstić information content (AvgIpc) is 2.93. The number of nitrogens with zero attached hydrogens (tertiary/aromatic N) is 3. The van der Waals surface area contributed by atoms with E-state index in [2.05, 4.69) is 15.2 Å². The zero-order valence-electron chi connectivity index (χ0n) is 15.8. The monoisotopic (exact) mass is 426 g/mol. The summed E-state index contributed by atoms with van der Waals surface area (Å²) < 4.78 is 38.1. The number of aromatic nitrogens is 1. The highest BCUT2D eigenvalue weighted by Crippen LogP contribution is 2.29. The van der Waals surface area contributed by atoms with Crippen molar-refractivity contribution in [3.8, 4) is 0 Å². The van der Waals surface area contributed by atoms with Crippen LogP contribution in [-0.2, 0) is 11.0 Å². The highest BCUT2D eigenvalue weighted by molar-refractivity contribution is 6.33. The highest BCUT2D eigenvalue weighted by atomic mass is 35.5. The van der Waals surface area contributed by atoms with E-state index in [9.17, 15) is 18.0 Å². The van der Waals surface area contributed by atoms with E-state index in [1.165, 1.54) is 6.07 Å². The largest absolute Gasteiger partial charge is 0.417 e. The number of rotatable bonds is 5. The van der Waals surface area contributed by atoms with Crippen LogP contribution in [0.2, 0.25) is 5.02 Å². The predicted molar refractivity (Wildman–Crippen MR) is 107 cm³/mol. The third kappa shape index (κ3) is 6.08. The van der Waals surface area contributed by atoms with Gasteiger partial charge in [-0.05, 0) is 37.2 Å². The first-order chi connectivity index (χ1) is 13.8. The topological polar surface area (TPSA) is 48.5 Å². The molecule has 1 aliphatic heterocycles. The van der Waals surface area contributed by atoms with Crippen molar-refractivity contribution >= 4 is 29.0 Å². The fourth-order valence-electron chi connectivity index (χ4n) is 3.20. The van der Waals surface area contributed by atoms with Crippen LogP contribution in [0.4, 0.5) is 24.7 Å². The molecule has 1 saturated heterocycles. The molecule has 1 aromatic heterocycles. The Labute approximate surface area is 172 Å². The van der Waals surface area contributed by atoms with Crippen molar-refractivity contribution in [2.24, 2.45) is 0 Å². The molecule has 0 aliphatic carbocycles. The van der Waals surface area contributed by atoms with Crippen LogP contribution in [-0.4, -0.2) is 48.5 Å². The summed E-state index contributed by atoms with van der Waals surface area (Å²) in [5, 5.41) is 3.30. The van der Waals surface area contributed by atoms with Gasteiger partial charge in [0.1, 0.15) is 5.82 Å². The van der Waals surface area contributed by atoms with Crippen molar-refractivity contribution in [1.29, 1.82) is 0 Å². The number of para-hydroxylation sites is 1. The number of hydrogen-bond donors (Lipinski definition) is 1. The number of halogens is 4. The van der Waals surface area contributed by atoms with Crippen LogP contribution in [0.15, 0.2) is 42.6 Å². The number of anilines is 2. The normalized spacial score (nSPS) is 15.8. The molecule has 1 amide bonds. The molecule has 0 bridgehead atoms. The minimum absolute atomic E-state index is 0.108. The number of alkyl halides is 3. The van der Waals surface area contributed by atoms with E-state index >= 15 is 0 Å². The van der Waals surface area contributed by atoms with Crippen LogP contribution in [0.5, 0.6) is 0 Å². The fraction of sp³-hybridized carbons (Fsp3) is 0.400. The average molecular weight is 427 g/mol. The Morgan fingerprint density at radius 1 is 1.10 bits per heavy atom. The Bertz CT molecular complexity index is 829. The lowest BCUT2D eigenvalue weighted by molar-refractivity contribution is -0.137. The third-order valence-electron chi connectivity index (χ3n) is 4.79. The molecule has 0 radical (unpaired) electrons. The maximum absolute atomic E-state index is 12.7. The first kappa shape index (κ1) is 21.4. The molecule has 1 aliphatic rings. The summed E-state index contributed by atoms with van der Waals surface area (Å²) in [6.07, 6.45) is -2.33. The molecular weight excluding hydrogens is 405 g/mol. The molecule has 0 atom stereocenters. The second kappa shape index (κ2) is 9.45. The molecule has 29 heavy (non-hydrogen) atoms. The van der Waals surface area contributed by atoms with Crippen molar-refractivity contribution in [1.82, 2.24) is 9.88 Å². The standard InChI is InChI=1S/C20H22ClF3N4O/c21-16-4-1-2-5-17(16)26-19(29)8-11-27-9-3-10-28(13-12-27)18-7-6-15(14-25-18)20(22,23)24/h1-2,4-7,14H,3,8-13H2,(H,26,29). The summed E-state index contributed by atoms with van der Waals surface area (Å²) in [6.45, 7) is 3.48. The van der Waals surface area contributed by atoms with Gasteiger partial charge in [0.15, 0.2) is 0 Å². The molecule has 9 heteroatoms. The number of nitrogens with one attached hydrogen (secondary N) is 1. The quantitative estimate of drug-likeness (QED) is 0.774. The number of carbonyl (C=O) groups is 1. The molecular formula is C20H22ClF3N4O. The van der Waals surface area contributed by atoms with E-state index < -0.39 is 11.7 Å². The first-order valence-electron chi connectivity index (χ1n) is 9.38. The van der Waals surface area contributed by atoms with E-state index in [1.54, 1.807) is 24.3 Å². The maximum atomic E-state index is 12.7. The molecule has 3 rings (SSSR count). The van der Waals surface area contributed by atoms with Gasteiger partial charge in [-0.1, -0.05) is 23.7 Å². The summed E-state index contributed by atoms with van der Waals surface area (Å²) in [5.41, 5.74) is -0.156. The van der Waals surface area contributed by atoms with Crippen molar-refractivity contribution < 1.29 is 18.0 Å². The lowest BCUT2D eigenvalue weighted by Gasteiger charge is -2.23. The fourth-order valence-corrected chi connectivity index (χ4v) is 3.38. The van der Waals surface area contributed by atoms with Gasteiger partial charge >= 0.3 is 6.18 Å². The third-order valence-corrected chi connectivity index (χ3v) is 5.12. The zero-order valence-corrected chi connectivity index (χ0v) is 16.5. The molecule has 0 spiro atoms. The Morgan fingerprint density at radius 2 is 1.90 bits per heavy atom. The Balaban J connectivity index is 1.48. The van der Waals surface area contributed by atoms with Crippen molar-refractivity contribution in [3.05, 3.63) is 53.2 Å². The van der Waals surface area contributed by atoms with Gasteiger partial charge in [-0.25, -0.2) is 4.98 Å². The maximum Gasteiger partial charge on any atom is 0.417 e. The van der Waals surface area contributed by atoms with E-state index in [4.69, 9.17) is 11.6 Å². The molecule has 0 unspecified atom stereocenters. The number of amides is 1. The molecule has 0 saturated carbocycles. The van der Waals surface area contributed by atoms with Gasteiger partial charge in [0.05, 0.1) is 16.3 Å². The lowest BCUT2D eigenvalue weighted by atomic mass is 10.2. The Kier molecular flexibility index (Phi) is 6.97. The number of pyridine rings is 1. The highest BCUT2D eigenvalue weighted by Gasteiger charge is 2.31. The van der Waals surface area contributed by atoms with Crippen LogP contribution in [0.25, 0.3) is 0 Å². The lowest BCUT2D eigenvalue weighted by Crippen LogP contribution is -2.33. The van der Waals surface area contributed by atoms with Gasteiger partial charge in [-0.3, -0.25) is 4.79 Å². The minimum Gasteiger partial charge on any atom is -0.355 e. The van der Waals surface area contributed by atoms with Gasteiger partial charge in [-0.2, -0.15) is 13.2 Å². The van der Waals surface area contributed by atoms with Gasteiger partial charge in [0, 0.05) is 38.8 Å². The number of carbonyl (C=O) groups excluding carboxylic acids is 1. The van der Waals surface area contributed by atoms with Gasteiger partial charge in [0.2, 0.25) is 5.91 Å². The molecule has 2 aromatic rings. The van der Waals surface area contributed by atoms with E-state index in [0.29, 0.717) is 49.1 Å². The number of hydrogen-bond acceptors (Lipinski definition) is 4. The predicted octanol–water partition coefficient (Wildman–Crippen LogP) is 4.29. The summed E-state index contributed by atoms with van der Waals surface area (Å²) in [7, 11) is 0. The summed E-state index contributed by atoms with van der Waals surface area (Å²) in [5.74, 6) is 0.430. The van der Waals surface area contributed by atoms with Crippen LogP contribution in [0.1, 0.15) is 18.4 Å². The second-order valence-electron chi connectivity index (χ2n) is 6.86. The molecule has 2 heterocycles. The van der Waals surface area contributed by atoms with Gasteiger partial charge in [-0.15, -0.1) is 0 Å². The molecule has 156 valence electrons. The van der Waals surface area contributed by atoms with Crippen LogP contribution >= 0.6 is 11.6 Å². The molecule has 1 N–H and O–H groups in total. The van der Waals surface area contributed by atoms with Crippen molar-refractivity contribution in [2.45, 2.75) is 19.0 Å². The van der Waals surface area contributed by atoms with Crippen molar-refractivity contribution in [2.75, 3.05) is 42.9 Å². The minimum atomic E-state index is -4.38.